The third kappa shape index (κ3) is 3.44. The van der Waals surface area contributed by atoms with Crippen LogP contribution in [0.4, 0.5) is 4.79 Å². The van der Waals surface area contributed by atoms with Gasteiger partial charge in [-0.3, -0.25) is 4.79 Å². The lowest BCUT2D eigenvalue weighted by atomic mass is 9.74. The van der Waals surface area contributed by atoms with Gasteiger partial charge in [-0.2, -0.15) is 0 Å². The van der Waals surface area contributed by atoms with Crippen molar-refractivity contribution in [2.75, 3.05) is 26.9 Å². The molecule has 8 nitrogen and oxygen atoms in total. The topological polar surface area (TPSA) is 105 Å². The van der Waals surface area contributed by atoms with Crippen LogP contribution in [0.15, 0.2) is 0 Å². The Morgan fingerprint density at radius 3 is 2.67 bits per heavy atom. The molecule has 1 unspecified atom stereocenters. The van der Waals surface area contributed by atoms with E-state index >= 15 is 0 Å². The lowest BCUT2D eigenvalue weighted by molar-refractivity contribution is -0.151. The van der Waals surface area contributed by atoms with Gasteiger partial charge in [0.2, 0.25) is 0 Å². The van der Waals surface area contributed by atoms with Gasteiger partial charge in [0, 0.05) is 6.54 Å². The predicted molar refractivity (Wildman–Crippen MR) is 70.7 cm³/mol. The van der Waals surface area contributed by atoms with Crippen LogP contribution in [0, 0.1) is 0 Å². The number of amides is 2. The van der Waals surface area contributed by atoms with Crippen LogP contribution in [-0.2, 0) is 19.1 Å². The number of methoxy groups -OCH3 is 1. The number of carbonyl (C=O) groups excluding carboxylic acids is 2. The fourth-order valence-electron chi connectivity index (χ4n) is 2.72. The third-order valence-electron chi connectivity index (χ3n) is 4.03. The SMILES string of the molecule is COC(=O)C1COCCN1C(=O)NC1(CC(=O)O)CCC1. The summed E-state index contributed by atoms with van der Waals surface area (Å²) in [5.41, 5.74) is -0.693. The average molecular weight is 300 g/mol. The van der Waals surface area contributed by atoms with Gasteiger partial charge >= 0.3 is 18.0 Å². The van der Waals surface area contributed by atoms with E-state index in [1.807, 2.05) is 0 Å². The summed E-state index contributed by atoms with van der Waals surface area (Å²) in [6.45, 7) is 0.702. The molecule has 0 aromatic heterocycles. The highest BCUT2D eigenvalue weighted by Gasteiger charge is 2.43. The number of hydrogen-bond acceptors (Lipinski definition) is 5. The summed E-state index contributed by atoms with van der Waals surface area (Å²) in [5.74, 6) is -1.48. The van der Waals surface area contributed by atoms with Gasteiger partial charge in [0.25, 0.3) is 0 Å². The van der Waals surface area contributed by atoms with Gasteiger partial charge in [-0.25, -0.2) is 9.59 Å². The largest absolute Gasteiger partial charge is 0.481 e. The number of carboxylic acid groups (broad SMARTS) is 1. The number of nitrogens with zero attached hydrogens (tertiary/aromatic N) is 1. The van der Waals surface area contributed by atoms with Gasteiger partial charge in [-0.05, 0) is 19.3 Å². The number of hydrogen-bond donors (Lipinski definition) is 2. The minimum absolute atomic E-state index is 0.0893. The molecule has 0 bridgehead atoms. The monoisotopic (exact) mass is 300 g/mol. The van der Waals surface area contributed by atoms with E-state index in [0.29, 0.717) is 19.4 Å². The maximum absolute atomic E-state index is 12.4. The van der Waals surface area contributed by atoms with E-state index in [0.717, 1.165) is 6.42 Å². The molecule has 8 heteroatoms. The van der Waals surface area contributed by atoms with Crippen LogP contribution in [0.2, 0.25) is 0 Å². The van der Waals surface area contributed by atoms with Crippen LogP contribution < -0.4 is 5.32 Å². The zero-order chi connectivity index (χ0) is 15.5. The highest BCUT2D eigenvalue weighted by molar-refractivity contribution is 5.84. The molecule has 1 aliphatic carbocycles. The Bertz CT molecular complexity index is 434. The first kappa shape index (κ1) is 15.6. The Morgan fingerprint density at radius 2 is 2.14 bits per heavy atom. The summed E-state index contributed by atoms with van der Waals surface area (Å²) in [6, 6.07) is -1.22. The zero-order valence-corrected chi connectivity index (χ0v) is 12.0. The molecule has 0 radical (unpaired) electrons. The number of morpholine rings is 1. The van der Waals surface area contributed by atoms with Crippen molar-refractivity contribution in [2.45, 2.75) is 37.3 Å². The summed E-state index contributed by atoms with van der Waals surface area (Å²) >= 11 is 0. The Labute approximate surface area is 122 Å². The molecule has 21 heavy (non-hydrogen) atoms. The van der Waals surface area contributed by atoms with Gasteiger partial charge in [0.15, 0.2) is 6.04 Å². The lowest BCUT2D eigenvalue weighted by Gasteiger charge is -2.44. The average Bonchev–Trinajstić information content (AvgIpc) is 2.43. The Kier molecular flexibility index (Phi) is 4.66. The van der Waals surface area contributed by atoms with Gasteiger partial charge in [-0.1, -0.05) is 0 Å². The van der Waals surface area contributed by atoms with Crippen molar-refractivity contribution in [1.29, 1.82) is 0 Å². The second-order valence-electron chi connectivity index (χ2n) is 5.44. The first-order valence-electron chi connectivity index (χ1n) is 6.93. The lowest BCUT2D eigenvalue weighted by Crippen LogP contribution is -2.62. The normalized spacial score (nSPS) is 23.9. The number of ether oxygens (including phenoxy) is 2. The predicted octanol–water partition coefficient (Wildman–Crippen LogP) is -0.0328. The molecule has 0 aromatic rings. The van der Waals surface area contributed by atoms with Gasteiger partial charge in [0.1, 0.15) is 0 Å². The maximum atomic E-state index is 12.4. The van der Waals surface area contributed by atoms with Crippen molar-refractivity contribution in [1.82, 2.24) is 10.2 Å². The van der Waals surface area contributed by atoms with E-state index in [9.17, 15) is 14.4 Å². The number of aliphatic carboxylic acids is 1. The number of rotatable bonds is 4. The molecular weight excluding hydrogens is 280 g/mol. The number of carboxylic acids is 1. The van der Waals surface area contributed by atoms with E-state index in [2.05, 4.69) is 10.1 Å². The second kappa shape index (κ2) is 6.30. The van der Waals surface area contributed by atoms with E-state index in [1.54, 1.807) is 0 Å². The van der Waals surface area contributed by atoms with Crippen molar-refractivity contribution >= 4 is 18.0 Å². The van der Waals surface area contributed by atoms with Crippen LogP contribution >= 0.6 is 0 Å². The Morgan fingerprint density at radius 1 is 1.43 bits per heavy atom. The fraction of sp³-hybridized carbons (Fsp3) is 0.769. The van der Waals surface area contributed by atoms with E-state index < -0.39 is 29.6 Å². The summed E-state index contributed by atoms with van der Waals surface area (Å²) in [5, 5.41) is 11.7. The molecule has 1 saturated heterocycles. The highest BCUT2D eigenvalue weighted by Crippen LogP contribution is 2.35. The molecule has 0 aromatic carbocycles. The Hall–Kier alpha value is -1.83. The first-order valence-corrected chi connectivity index (χ1v) is 6.93. The molecule has 2 rings (SSSR count). The summed E-state index contributed by atoms with van der Waals surface area (Å²) in [4.78, 5) is 36.4. The molecule has 2 amide bonds. The molecule has 0 spiro atoms. The van der Waals surface area contributed by atoms with Crippen molar-refractivity contribution in [3.8, 4) is 0 Å². The smallest absolute Gasteiger partial charge is 0.331 e. The third-order valence-corrected chi connectivity index (χ3v) is 4.03. The highest BCUT2D eigenvalue weighted by atomic mass is 16.5. The van der Waals surface area contributed by atoms with Gasteiger partial charge in [-0.15, -0.1) is 0 Å². The molecule has 1 saturated carbocycles. The van der Waals surface area contributed by atoms with E-state index in [1.165, 1.54) is 12.0 Å². The molecule has 1 heterocycles. The van der Waals surface area contributed by atoms with Crippen LogP contribution in [0.25, 0.3) is 0 Å². The van der Waals surface area contributed by atoms with Crippen LogP contribution in [-0.4, -0.2) is 66.4 Å². The second-order valence-corrected chi connectivity index (χ2v) is 5.44. The zero-order valence-electron chi connectivity index (χ0n) is 12.0. The molecule has 2 N–H and O–H groups in total. The van der Waals surface area contributed by atoms with Crippen molar-refractivity contribution in [2.24, 2.45) is 0 Å². The molecule has 1 aliphatic heterocycles. The molecule has 118 valence electrons. The minimum atomic E-state index is -0.943. The van der Waals surface area contributed by atoms with Crippen LogP contribution in [0.1, 0.15) is 25.7 Å². The van der Waals surface area contributed by atoms with Gasteiger partial charge < -0.3 is 24.8 Å². The van der Waals surface area contributed by atoms with Crippen molar-refractivity contribution in [3.05, 3.63) is 0 Å². The molecule has 2 fully saturated rings. The van der Waals surface area contributed by atoms with E-state index in [4.69, 9.17) is 9.84 Å². The van der Waals surface area contributed by atoms with Crippen molar-refractivity contribution < 1.29 is 29.0 Å². The van der Waals surface area contributed by atoms with Gasteiger partial charge in [0.05, 0.1) is 32.3 Å². The van der Waals surface area contributed by atoms with Crippen LogP contribution in [0.3, 0.4) is 0 Å². The number of urea groups is 1. The molecule has 2 aliphatic rings. The van der Waals surface area contributed by atoms with Crippen LogP contribution in [0.5, 0.6) is 0 Å². The summed E-state index contributed by atoms with van der Waals surface area (Å²) in [7, 11) is 1.25. The fourth-order valence-corrected chi connectivity index (χ4v) is 2.72. The quantitative estimate of drug-likeness (QED) is 0.706. The van der Waals surface area contributed by atoms with Crippen molar-refractivity contribution in [3.63, 3.8) is 0 Å². The Balaban J connectivity index is 2.03. The standard InChI is InChI=1S/C13H20N2O6/c1-20-11(18)9-8-21-6-5-15(9)12(19)14-13(3-2-4-13)7-10(16)17/h9H,2-8H2,1H3,(H,14,19)(H,16,17). The summed E-state index contributed by atoms with van der Waals surface area (Å²) in [6.07, 6.45) is 2.06. The molecular formula is C13H20N2O6. The number of esters is 1. The summed E-state index contributed by atoms with van der Waals surface area (Å²) < 4.78 is 9.87. The first-order chi connectivity index (χ1) is 9.97. The van der Waals surface area contributed by atoms with E-state index in [-0.39, 0.29) is 19.6 Å². The minimum Gasteiger partial charge on any atom is -0.481 e. The number of nitrogens with one attached hydrogen (secondary N) is 1. The number of carbonyl (C=O) groups is 3. The molecule has 1 atom stereocenters. The maximum Gasteiger partial charge on any atom is 0.331 e.